The molecule has 0 heterocycles. The van der Waals surface area contributed by atoms with E-state index in [4.69, 9.17) is 26.6 Å². The molecular formula is C18H34N2O8Si2. The zero-order chi connectivity index (χ0) is 22.6. The van der Waals surface area contributed by atoms with Gasteiger partial charge in [0.2, 0.25) is 0 Å². The average Bonchev–Trinajstić information content (AvgIpc) is 2.79. The van der Waals surface area contributed by atoms with Gasteiger partial charge in [-0.1, -0.05) is 0 Å². The third-order valence-corrected chi connectivity index (χ3v) is 10.8. The first-order chi connectivity index (χ1) is 14.3. The van der Waals surface area contributed by atoms with E-state index in [0.717, 1.165) is 18.5 Å². The molecule has 0 saturated carbocycles. The molecule has 0 radical (unpaired) electrons. The summed E-state index contributed by atoms with van der Waals surface area (Å²) in [6.45, 7) is 1.42. The molecule has 10 nitrogen and oxygen atoms in total. The number of hydrogen-bond acceptors (Lipinski definition) is 9. The highest BCUT2D eigenvalue weighted by atomic mass is 28.4. The highest BCUT2D eigenvalue weighted by molar-refractivity contribution is 6.60. The summed E-state index contributed by atoms with van der Waals surface area (Å²) in [7, 11) is 4.26. The van der Waals surface area contributed by atoms with E-state index in [0.29, 0.717) is 25.2 Å². The topological polar surface area (TPSA) is 102 Å². The lowest BCUT2D eigenvalue weighted by molar-refractivity contribution is -0.384. The molecule has 0 aliphatic heterocycles. The van der Waals surface area contributed by atoms with Gasteiger partial charge >= 0.3 is 17.6 Å². The lowest BCUT2D eigenvalue weighted by Gasteiger charge is -2.29. The standard InChI is InChI=1S/C18H34N2O8Si2/c1-23-29(24-2,25-3)15-7-13-19(14-8-16-30(26-4,27-5)28-6)17-9-11-18(12-10-17)20(21)22/h9-12H,7-8,13-16H2,1-6H3. The summed E-state index contributed by atoms with van der Waals surface area (Å²) in [5, 5.41) is 11.0. The zero-order valence-corrected chi connectivity index (χ0v) is 20.7. The molecule has 0 aliphatic carbocycles. The van der Waals surface area contributed by atoms with Crippen LogP contribution in [0, 0.1) is 10.1 Å². The summed E-state index contributed by atoms with van der Waals surface area (Å²) in [5.74, 6) is 0. The summed E-state index contributed by atoms with van der Waals surface area (Å²) in [5.41, 5.74) is 0.965. The Balaban J connectivity index is 2.87. The Bertz CT molecular complexity index is 585. The van der Waals surface area contributed by atoms with E-state index in [1.54, 1.807) is 54.8 Å². The molecule has 0 saturated heterocycles. The first-order valence-corrected chi connectivity index (χ1v) is 13.5. The minimum absolute atomic E-state index is 0.0628. The molecule has 0 spiro atoms. The molecule has 12 heteroatoms. The summed E-state index contributed by atoms with van der Waals surface area (Å²) < 4.78 is 33.0. The second kappa shape index (κ2) is 13.1. The van der Waals surface area contributed by atoms with Crippen molar-refractivity contribution in [3.05, 3.63) is 34.4 Å². The van der Waals surface area contributed by atoms with Crippen LogP contribution in [0.5, 0.6) is 0 Å². The molecule has 1 aromatic rings. The van der Waals surface area contributed by atoms with E-state index in [1.165, 1.54) is 12.1 Å². The predicted molar refractivity (Wildman–Crippen MR) is 118 cm³/mol. The molecule has 0 bridgehead atoms. The van der Waals surface area contributed by atoms with Crippen LogP contribution in [0.4, 0.5) is 11.4 Å². The quantitative estimate of drug-likeness (QED) is 0.208. The van der Waals surface area contributed by atoms with Crippen molar-refractivity contribution >= 4 is 29.0 Å². The van der Waals surface area contributed by atoms with Crippen LogP contribution in [0.3, 0.4) is 0 Å². The molecule has 0 unspecified atom stereocenters. The fourth-order valence-electron chi connectivity index (χ4n) is 3.24. The van der Waals surface area contributed by atoms with Gasteiger partial charge in [0, 0.05) is 85.7 Å². The molecule has 0 aromatic heterocycles. The summed E-state index contributed by atoms with van der Waals surface area (Å²) in [4.78, 5) is 12.7. The number of hydrogen-bond donors (Lipinski definition) is 0. The molecule has 1 aromatic carbocycles. The van der Waals surface area contributed by atoms with Gasteiger partial charge in [-0.25, -0.2) is 0 Å². The third-order valence-electron chi connectivity index (χ3n) is 5.11. The van der Waals surface area contributed by atoms with E-state index in [9.17, 15) is 10.1 Å². The van der Waals surface area contributed by atoms with Gasteiger partial charge in [0.25, 0.3) is 5.69 Å². The second-order valence-corrected chi connectivity index (χ2v) is 12.7. The molecule has 0 fully saturated rings. The average molecular weight is 463 g/mol. The van der Waals surface area contributed by atoms with Crippen LogP contribution in [0.25, 0.3) is 0 Å². The first kappa shape index (κ1) is 26.6. The normalized spacial score (nSPS) is 12.2. The number of rotatable bonds is 16. The lowest BCUT2D eigenvalue weighted by atomic mass is 10.2. The molecule has 0 N–H and O–H groups in total. The summed E-state index contributed by atoms with van der Waals surface area (Å²) in [6, 6.07) is 7.87. The summed E-state index contributed by atoms with van der Waals surface area (Å²) >= 11 is 0. The van der Waals surface area contributed by atoms with Gasteiger partial charge in [-0.3, -0.25) is 10.1 Å². The Morgan fingerprint density at radius 1 is 0.767 bits per heavy atom. The smallest absolute Gasteiger partial charge is 0.377 e. The maximum Gasteiger partial charge on any atom is 0.500 e. The Hall–Kier alpha value is -1.39. The van der Waals surface area contributed by atoms with Crippen molar-refractivity contribution < 1.29 is 31.5 Å². The molecular weight excluding hydrogens is 428 g/mol. The predicted octanol–water partition coefficient (Wildman–Crippen LogP) is 2.94. The monoisotopic (exact) mass is 462 g/mol. The van der Waals surface area contributed by atoms with Crippen LogP contribution >= 0.6 is 0 Å². The van der Waals surface area contributed by atoms with Crippen molar-refractivity contribution in [1.29, 1.82) is 0 Å². The number of non-ortho nitro benzene ring substituents is 1. The van der Waals surface area contributed by atoms with Crippen molar-refractivity contribution in [2.75, 3.05) is 60.6 Å². The van der Waals surface area contributed by atoms with Crippen molar-refractivity contribution in [2.24, 2.45) is 0 Å². The van der Waals surface area contributed by atoms with Crippen molar-refractivity contribution in [2.45, 2.75) is 24.9 Å². The van der Waals surface area contributed by atoms with Gasteiger partial charge < -0.3 is 31.5 Å². The zero-order valence-electron chi connectivity index (χ0n) is 18.7. The third kappa shape index (κ3) is 7.39. The van der Waals surface area contributed by atoms with Crippen LogP contribution in [0.1, 0.15) is 12.8 Å². The first-order valence-electron chi connectivity index (χ1n) is 9.65. The molecule has 0 atom stereocenters. The Morgan fingerprint density at radius 2 is 1.13 bits per heavy atom. The fraction of sp³-hybridized carbons (Fsp3) is 0.667. The number of nitro groups is 1. The van der Waals surface area contributed by atoms with Crippen molar-refractivity contribution in [1.82, 2.24) is 0 Å². The number of nitro benzene ring substituents is 1. The molecule has 0 amide bonds. The molecule has 0 aliphatic rings. The van der Waals surface area contributed by atoms with Crippen LogP contribution in [-0.4, -0.2) is 78.3 Å². The van der Waals surface area contributed by atoms with E-state index < -0.39 is 22.5 Å². The van der Waals surface area contributed by atoms with Crippen LogP contribution < -0.4 is 4.90 Å². The van der Waals surface area contributed by atoms with Crippen LogP contribution in [0.15, 0.2) is 24.3 Å². The molecule has 30 heavy (non-hydrogen) atoms. The number of nitrogens with zero attached hydrogens (tertiary/aromatic N) is 2. The Morgan fingerprint density at radius 3 is 1.43 bits per heavy atom. The fourth-order valence-corrected chi connectivity index (χ4v) is 6.65. The van der Waals surface area contributed by atoms with E-state index in [-0.39, 0.29) is 5.69 Å². The highest BCUT2D eigenvalue weighted by Gasteiger charge is 2.38. The lowest BCUT2D eigenvalue weighted by Crippen LogP contribution is -2.44. The van der Waals surface area contributed by atoms with Crippen molar-refractivity contribution in [3.63, 3.8) is 0 Å². The highest BCUT2D eigenvalue weighted by Crippen LogP contribution is 2.23. The minimum atomic E-state index is -2.66. The molecule has 1 rings (SSSR count). The van der Waals surface area contributed by atoms with E-state index >= 15 is 0 Å². The van der Waals surface area contributed by atoms with Gasteiger partial charge in [0.15, 0.2) is 0 Å². The van der Waals surface area contributed by atoms with E-state index in [1.807, 2.05) is 0 Å². The summed E-state index contributed by atoms with van der Waals surface area (Å²) in [6.07, 6.45) is 1.56. The number of anilines is 1. The largest absolute Gasteiger partial charge is 0.500 e. The van der Waals surface area contributed by atoms with Gasteiger partial charge in [-0.05, 0) is 25.0 Å². The SMILES string of the molecule is CO[Si](CCCN(CCC[Si](OC)(OC)OC)c1ccc([N+](=O)[O-])cc1)(OC)OC. The van der Waals surface area contributed by atoms with E-state index in [2.05, 4.69) is 4.90 Å². The van der Waals surface area contributed by atoms with Gasteiger partial charge in [0.1, 0.15) is 0 Å². The van der Waals surface area contributed by atoms with Crippen LogP contribution in [0.2, 0.25) is 12.1 Å². The Kier molecular flexibility index (Phi) is 11.7. The van der Waals surface area contributed by atoms with Crippen LogP contribution in [-0.2, 0) is 26.6 Å². The van der Waals surface area contributed by atoms with Crippen molar-refractivity contribution in [3.8, 4) is 0 Å². The van der Waals surface area contributed by atoms with Gasteiger partial charge in [0.05, 0.1) is 4.92 Å². The molecule has 172 valence electrons. The second-order valence-electron chi connectivity index (χ2n) is 6.56. The maximum absolute atomic E-state index is 11.0. The van der Waals surface area contributed by atoms with Gasteiger partial charge in [-0.15, -0.1) is 0 Å². The number of benzene rings is 1. The maximum atomic E-state index is 11.0. The minimum Gasteiger partial charge on any atom is -0.377 e. The van der Waals surface area contributed by atoms with Gasteiger partial charge in [-0.2, -0.15) is 0 Å². The Labute approximate surface area is 180 Å².